The van der Waals surface area contributed by atoms with Crippen LogP contribution in [0.1, 0.15) is 15.9 Å². The molecule has 2 rings (SSSR count). The minimum Gasteiger partial charge on any atom is -0.340 e. The molecular formula is C14H16IN3O. The molecule has 4 nitrogen and oxygen atoms in total. The fraction of sp³-hybridized carbons (Fsp3) is 0.286. The monoisotopic (exact) mass is 369 g/mol. The molecule has 0 radical (unpaired) electrons. The van der Waals surface area contributed by atoms with E-state index in [1.165, 1.54) is 5.56 Å². The van der Waals surface area contributed by atoms with Gasteiger partial charge in [-0.15, -0.1) is 0 Å². The number of aromatic nitrogens is 2. The first-order valence-corrected chi connectivity index (χ1v) is 7.15. The number of halogens is 1. The molecule has 19 heavy (non-hydrogen) atoms. The van der Waals surface area contributed by atoms with Crippen molar-refractivity contribution in [3.8, 4) is 0 Å². The van der Waals surface area contributed by atoms with Crippen LogP contribution in [0, 0.1) is 10.5 Å². The van der Waals surface area contributed by atoms with Crippen LogP contribution >= 0.6 is 22.6 Å². The van der Waals surface area contributed by atoms with E-state index in [0.29, 0.717) is 13.1 Å². The third kappa shape index (κ3) is 3.56. The number of carbonyl (C=O) groups is 1. The fourth-order valence-electron chi connectivity index (χ4n) is 1.73. The highest BCUT2D eigenvalue weighted by atomic mass is 127. The summed E-state index contributed by atoms with van der Waals surface area (Å²) in [5.74, 6) is 0.0464. The quantitative estimate of drug-likeness (QED) is 0.777. The Morgan fingerprint density at radius 3 is 2.89 bits per heavy atom. The van der Waals surface area contributed by atoms with Crippen molar-refractivity contribution in [1.82, 2.24) is 14.7 Å². The number of rotatable bonds is 4. The highest BCUT2D eigenvalue weighted by Crippen LogP contribution is 2.14. The third-order valence-corrected chi connectivity index (χ3v) is 4.15. The maximum Gasteiger partial charge on any atom is 0.253 e. The number of aryl methyl sites for hydroxylation is 1. The van der Waals surface area contributed by atoms with Crippen LogP contribution in [0.2, 0.25) is 0 Å². The van der Waals surface area contributed by atoms with Crippen LogP contribution in [0.25, 0.3) is 0 Å². The smallest absolute Gasteiger partial charge is 0.253 e. The molecule has 1 heterocycles. The van der Waals surface area contributed by atoms with Crippen molar-refractivity contribution in [1.29, 1.82) is 0 Å². The van der Waals surface area contributed by atoms with Gasteiger partial charge >= 0.3 is 0 Å². The van der Waals surface area contributed by atoms with E-state index in [1.54, 1.807) is 11.1 Å². The lowest BCUT2D eigenvalue weighted by molar-refractivity contribution is 0.0789. The molecule has 0 spiro atoms. The van der Waals surface area contributed by atoms with E-state index in [0.717, 1.165) is 9.13 Å². The SMILES string of the molecule is Cc1ccc(C(=O)N(C)CCn2cccn2)cc1I. The van der Waals surface area contributed by atoms with E-state index >= 15 is 0 Å². The molecule has 0 saturated carbocycles. The van der Waals surface area contributed by atoms with E-state index in [9.17, 15) is 4.79 Å². The molecule has 0 aliphatic carbocycles. The summed E-state index contributed by atoms with van der Waals surface area (Å²) in [5.41, 5.74) is 1.93. The van der Waals surface area contributed by atoms with Crippen molar-refractivity contribution >= 4 is 28.5 Å². The first-order chi connectivity index (χ1) is 9.08. The summed E-state index contributed by atoms with van der Waals surface area (Å²) in [4.78, 5) is 14.0. The second-order valence-electron chi connectivity index (χ2n) is 4.46. The van der Waals surface area contributed by atoms with Crippen LogP contribution in [0.3, 0.4) is 0 Å². The van der Waals surface area contributed by atoms with Gasteiger partial charge in [0.05, 0.1) is 6.54 Å². The van der Waals surface area contributed by atoms with E-state index < -0.39 is 0 Å². The van der Waals surface area contributed by atoms with Gasteiger partial charge in [0, 0.05) is 35.1 Å². The number of likely N-dealkylation sites (N-methyl/N-ethyl adjacent to an activating group) is 1. The molecular weight excluding hydrogens is 353 g/mol. The number of carbonyl (C=O) groups excluding carboxylic acids is 1. The molecule has 1 aromatic heterocycles. The largest absolute Gasteiger partial charge is 0.340 e. The topological polar surface area (TPSA) is 38.1 Å². The first-order valence-electron chi connectivity index (χ1n) is 6.07. The van der Waals surface area contributed by atoms with Gasteiger partial charge in [-0.25, -0.2) is 0 Å². The van der Waals surface area contributed by atoms with E-state index in [1.807, 2.05) is 49.1 Å². The predicted octanol–water partition coefficient (Wildman–Crippen LogP) is 2.57. The van der Waals surface area contributed by atoms with Crippen molar-refractivity contribution < 1.29 is 4.79 Å². The molecule has 0 bridgehead atoms. The minimum absolute atomic E-state index is 0.0464. The summed E-state index contributed by atoms with van der Waals surface area (Å²) in [6, 6.07) is 7.67. The predicted molar refractivity (Wildman–Crippen MR) is 83.1 cm³/mol. The Balaban J connectivity index is 2.00. The number of nitrogens with zero attached hydrogens (tertiary/aromatic N) is 3. The number of benzene rings is 1. The second kappa shape index (κ2) is 6.18. The summed E-state index contributed by atoms with van der Waals surface area (Å²) < 4.78 is 2.94. The lowest BCUT2D eigenvalue weighted by Gasteiger charge is -2.17. The Bertz CT molecular complexity index is 566. The molecule has 0 fully saturated rings. The van der Waals surface area contributed by atoms with E-state index in [-0.39, 0.29) is 5.91 Å². The minimum atomic E-state index is 0.0464. The van der Waals surface area contributed by atoms with Gasteiger partial charge in [-0.05, 0) is 53.3 Å². The molecule has 0 N–H and O–H groups in total. The van der Waals surface area contributed by atoms with Gasteiger partial charge < -0.3 is 4.90 Å². The van der Waals surface area contributed by atoms with Crippen LogP contribution in [-0.4, -0.2) is 34.2 Å². The van der Waals surface area contributed by atoms with Crippen LogP contribution in [-0.2, 0) is 6.54 Å². The Hall–Kier alpha value is -1.37. The summed E-state index contributed by atoms with van der Waals surface area (Å²) >= 11 is 2.25. The molecule has 0 aliphatic rings. The number of hydrogen-bond acceptors (Lipinski definition) is 2. The molecule has 5 heteroatoms. The van der Waals surface area contributed by atoms with Gasteiger partial charge in [0.15, 0.2) is 0 Å². The van der Waals surface area contributed by atoms with Gasteiger partial charge in [0.1, 0.15) is 0 Å². The Morgan fingerprint density at radius 2 is 2.26 bits per heavy atom. The van der Waals surface area contributed by atoms with E-state index in [4.69, 9.17) is 0 Å². The number of hydrogen-bond donors (Lipinski definition) is 0. The molecule has 0 atom stereocenters. The second-order valence-corrected chi connectivity index (χ2v) is 5.62. The molecule has 0 aliphatic heterocycles. The lowest BCUT2D eigenvalue weighted by atomic mass is 10.1. The van der Waals surface area contributed by atoms with Crippen LogP contribution in [0.4, 0.5) is 0 Å². The Labute approximate surface area is 126 Å². The fourth-order valence-corrected chi connectivity index (χ4v) is 2.25. The molecule has 100 valence electrons. The lowest BCUT2D eigenvalue weighted by Crippen LogP contribution is -2.30. The summed E-state index contributed by atoms with van der Waals surface area (Å²) in [6.45, 7) is 3.39. The molecule has 1 aromatic carbocycles. The van der Waals surface area contributed by atoms with Gasteiger partial charge in [0.2, 0.25) is 0 Å². The van der Waals surface area contributed by atoms with Crippen molar-refractivity contribution in [2.24, 2.45) is 0 Å². The normalized spacial score (nSPS) is 10.5. The van der Waals surface area contributed by atoms with Crippen LogP contribution in [0.5, 0.6) is 0 Å². The standard InChI is InChI=1S/C14H16IN3O/c1-11-4-5-12(10-13(11)15)14(19)17(2)8-9-18-7-3-6-16-18/h3-7,10H,8-9H2,1-2H3. The van der Waals surface area contributed by atoms with Gasteiger partial charge in [-0.2, -0.15) is 5.10 Å². The van der Waals surface area contributed by atoms with Gasteiger partial charge in [-0.1, -0.05) is 6.07 Å². The average molecular weight is 369 g/mol. The van der Waals surface area contributed by atoms with Crippen molar-refractivity contribution in [2.45, 2.75) is 13.5 Å². The Morgan fingerprint density at radius 1 is 1.47 bits per heavy atom. The molecule has 0 saturated heterocycles. The average Bonchev–Trinajstić information content (AvgIpc) is 2.91. The van der Waals surface area contributed by atoms with Crippen LogP contribution in [0.15, 0.2) is 36.7 Å². The number of amides is 1. The van der Waals surface area contributed by atoms with Crippen molar-refractivity contribution in [3.63, 3.8) is 0 Å². The molecule has 1 amide bonds. The van der Waals surface area contributed by atoms with Crippen molar-refractivity contribution in [2.75, 3.05) is 13.6 Å². The molecule has 0 unspecified atom stereocenters. The summed E-state index contributed by atoms with van der Waals surface area (Å²) in [5, 5.41) is 4.12. The first kappa shape index (κ1) is 14.0. The molecule has 2 aromatic rings. The maximum absolute atomic E-state index is 12.3. The Kier molecular flexibility index (Phi) is 4.57. The van der Waals surface area contributed by atoms with E-state index in [2.05, 4.69) is 27.7 Å². The zero-order valence-electron chi connectivity index (χ0n) is 11.0. The van der Waals surface area contributed by atoms with Gasteiger partial charge in [-0.3, -0.25) is 9.48 Å². The van der Waals surface area contributed by atoms with Gasteiger partial charge in [0.25, 0.3) is 5.91 Å². The van der Waals surface area contributed by atoms with Crippen LogP contribution < -0.4 is 0 Å². The van der Waals surface area contributed by atoms with Crippen molar-refractivity contribution in [3.05, 3.63) is 51.4 Å². The maximum atomic E-state index is 12.3. The summed E-state index contributed by atoms with van der Waals surface area (Å²) in [6.07, 6.45) is 3.64. The highest BCUT2D eigenvalue weighted by Gasteiger charge is 2.12. The summed E-state index contributed by atoms with van der Waals surface area (Å²) in [7, 11) is 1.82. The zero-order valence-corrected chi connectivity index (χ0v) is 13.2. The zero-order chi connectivity index (χ0) is 13.8. The third-order valence-electron chi connectivity index (χ3n) is 2.99. The highest BCUT2D eigenvalue weighted by molar-refractivity contribution is 14.1.